The zero-order valence-electron chi connectivity index (χ0n) is 11.6. The first-order valence-electron chi connectivity index (χ1n) is 6.49. The zero-order chi connectivity index (χ0) is 15.2. The van der Waals surface area contributed by atoms with E-state index in [-0.39, 0.29) is 18.0 Å². The van der Waals surface area contributed by atoms with E-state index in [4.69, 9.17) is 0 Å². The van der Waals surface area contributed by atoms with Crippen LogP contribution >= 0.6 is 0 Å². The number of rotatable bonds is 5. The number of aryl methyl sites for hydroxylation is 1. The molecule has 0 aromatic heterocycles. The third kappa shape index (κ3) is 3.82. The lowest BCUT2D eigenvalue weighted by Crippen LogP contribution is -2.23. The average molecular weight is 284 g/mol. The number of aromatic carboxylic acids is 1. The molecule has 0 bridgehead atoms. The summed E-state index contributed by atoms with van der Waals surface area (Å²) >= 11 is 0. The van der Waals surface area contributed by atoms with Crippen molar-refractivity contribution >= 4 is 23.3 Å². The van der Waals surface area contributed by atoms with Crippen LogP contribution in [0.15, 0.2) is 48.5 Å². The third-order valence-corrected chi connectivity index (χ3v) is 2.99. The Balaban J connectivity index is 2.03. The molecule has 2 aromatic carbocycles. The van der Waals surface area contributed by atoms with Crippen molar-refractivity contribution in [3.8, 4) is 0 Å². The van der Waals surface area contributed by atoms with Gasteiger partial charge in [-0.15, -0.1) is 0 Å². The van der Waals surface area contributed by atoms with Crippen LogP contribution in [0.2, 0.25) is 0 Å². The summed E-state index contributed by atoms with van der Waals surface area (Å²) in [6.07, 6.45) is 0. The Labute approximate surface area is 122 Å². The topological polar surface area (TPSA) is 78.4 Å². The summed E-state index contributed by atoms with van der Waals surface area (Å²) in [6, 6.07) is 14.3. The number of nitrogens with one attached hydrogen (secondary N) is 2. The molecule has 0 unspecified atom stereocenters. The van der Waals surface area contributed by atoms with Crippen LogP contribution in [0.3, 0.4) is 0 Å². The highest BCUT2D eigenvalue weighted by Crippen LogP contribution is 2.19. The first kappa shape index (κ1) is 14.6. The van der Waals surface area contributed by atoms with E-state index in [9.17, 15) is 14.7 Å². The number of benzene rings is 2. The summed E-state index contributed by atoms with van der Waals surface area (Å²) in [7, 11) is 0. The van der Waals surface area contributed by atoms with E-state index in [1.165, 1.54) is 0 Å². The van der Waals surface area contributed by atoms with Crippen molar-refractivity contribution in [2.75, 3.05) is 17.2 Å². The molecule has 0 aliphatic carbocycles. The molecule has 0 spiro atoms. The second kappa shape index (κ2) is 6.56. The number of hydrogen-bond acceptors (Lipinski definition) is 3. The summed E-state index contributed by atoms with van der Waals surface area (Å²) in [6.45, 7) is 1.76. The highest BCUT2D eigenvalue weighted by molar-refractivity contribution is 6.02. The Kier molecular flexibility index (Phi) is 4.56. The van der Waals surface area contributed by atoms with Gasteiger partial charge in [0.15, 0.2) is 0 Å². The van der Waals surface area contributed by atoms with Crippen molar-refractivity contribution in [2.45, 2.75) is 6.92 Å². The minimum atomic E-state index is -1.06. The number of carbonyl (C=O) groups is 2. The fraction of sp³-hybridized carbons (Fsp3) is 0.125. The van der Waals surface area contributed by atoms with Gasteiger partial charge in [0.25, 0.3) is 0 Å². The highest BCUT2D eigenvalue weighted by atomic mass is 16.4. The lowest BCUT2D eigenvalue weighted by Gasteiger charge is -2.11. The zero-order valence-corrected chi connectivity index (χ0v) is 11.6. The molecule has 2 aromatic rings. The normalized spacial score (nSPS) is 9.95. The smallest absolute Gasteiger partial charge is 0.338 e. The van der Waals surface area contributed by atoms with Gasteiger partial charge in [-0.3, -0.25) is 4.79 Å². The van der Waals surface area contributed by atoms with Crippen LogP contribution in [0.1, 0.15) is 15.9 Å². The summed E-state index contributed by atoms with van der Waals surface area (Å²) in [5.41, 5.74) is 1.86. The van der Waals surface area contributed by atoms with Crippen LogP contribution in [0.5, 0.6) is 0 Å². The molecule has 108 valence electrons. The molecule has 0 aliphatic rings. The lowest BCUT2D eigenvalue weighted by molar-refractivity contribution is -0.114. The van der Waals surface area contributed by atoms with Crippen molar-refractivity contribution < 1.29 is 14.7 Å². The molecule has 0 aliphatic heterocycles. The van der Waals surface area contributed by atoms with Gasteiger partial charge in [-0.1, -0.05) is 30.3 Å². The van der Waals surface area contributed by atoms with Crippen LogP contribution in [0.25, 0.3) is 0 Å². The van der Waals surface area contributed by atoms with E-state index < -0.39 is 5.97 Å². The first-order valence-corrected chi connectivity index (χ1v) is 6.49. The number of carbonyl (C=O) groups excluding carboxylic acids is 1. The van der Waals surface area contributed by atoms with E-state index in [1.54, 1.807) is 25.1 Å². The molecule has 3 N–H and O–H groups in total. The summed E-state index contributed by atoms with van der Waals surface area (Å²) in [5, 5.41) is 14.8. The van der Waals surface area contributed by atoms with Crippen LogP contribution in [-0.4, -0.2) is 23.5 Å². The number of hydrogen-bond donors (Lipinski definition) is 3. The maximum atomic E-state index is 11.9. The summed E-state index contributed by atoms with van der Waals surface area (Å²) < 4.78 is 0. The number of carboxylic acids is 1. The molecule has 0 heterocycles. The monoisotopic (exact) mass is 284 g/mol. The van der Waals surface area contributed by atoms with Gasteiger partial charge in [-0.2, -0.15) is 0 Å². The SMILES string of the molecule is Cc1cccc(NC(=O)CNc2ccccc2)c1C(=O)O. The predicted octanol–water partition coefficient (Wildman–Crippen LogP) is 2.74. The molecule has 5 nitrogen and oxygen atoms in total. The van der Waals surface area contributed by atoms with Gasteiger partial charge < -0.3 is 15.7 Å². The fourth-order valence-corrected chi connectivity index (χ4v) is 1.99. The number of para-hydroxylation sites is 1. The molecular weight excluding hydrogens is 268 g/mol. The summed E-state index contributed by atoms with van der Waals surface area (Å²) in [4.78, 5) is 23.1. The Morgan fingerprint density at radius 1 is 1.05 bits per heavy atom. The maximum absolute atomic E-state index is 11.9. The quantitative estimate of drug-likeness (QED) is 0.789. The van der Waals surface area contributed by atoms with Gasteiger partial charge in [0.05, 0.1) is 17.8 Å². The average Bonchev–Trinajstić information content (AvgIpc) is 2.46. The number of carboxylic acid groups (broad SMARTS) is 1. The molecule has 2 rings (SSSR count). The van der Waals surface area contributed by atoms with Gasteiger partial charge in [0.1, 0.15) is 0 Å². The maximum Gasteiger partial charge on any atom is 0.338 e. The molecule has 5 heteroatoms. The Bertz CT molecular complexity index is 654. The predicted molar refractivity (Wildman–Crippen MR) is 81.7 cm³/mol. The van der Waals surface area contributed by atoms with Crippen LogP contribution in [0, 0.1) is 6.92 Å². The van der Waals surface area contributed by atoms with Crippen LogP contribution < -0.4 is 10.6 Å². The number of amides is 1. The molecule has 0 atom stereocenters. The van der Waals surface area contributed by atoms with E-state index in [2.05, 4.69) is 10.6 Å². The van der Waals surface area contributed by atoms with Gasteiger partial charge >= 0.3 is 5.97 Å². The summed E-state index contributed by atoms with van der Waals surface area (Å²) in [5.74, 6) is -1.36. The Morgan fingerprint density at radius 2 is 1.76 bits per heavy atom. The van der Waals surface area contributed by atoms with Crippen molar-refractivity contribution in [3.05, 3.63) is 59.7 Å². The van der Waals surface area contributed by atoms with Crippen molar-refractivity contribution in [1.82, 2.24) is 0 Å². The van der Waals surface area contributed by atoms with Crippen molar-refractivity contribution in [1.29, 1.82) is 0 Å². The van der Waals surface area contributed by atoms with E-state index in [0.29, 0.717) is 11.3 Å². The minimum Gasteiger partial charge on any atom is -0.478 e. The molecule has 1 amide bonds. The largest absolute Gasteiger partial charge is 0.478 e. The number of anilines is 2. The first-order chi connectivity index (χ1) is 10.1. The van der Waals surface area contributed by atoms with E-state index in [0.717, 1.165) is 5.69 Å². The van der Waals surface area contributed by atoms with Crippen molar-refractivity contribution in [2.24, 2.45) is 0 Å². The Morgan fingerprint density at radius 3 is 2.43 bits per heavy atom. The van der Waals surface area contributed by atoms with Gasteiger partial charge in [0.2, 0.25) is 5.91 Å². The highest BCUT2D eigenvalue weighted by Gasteiger charge is 2.14. The van der Waals surface area contributed by atoms with Crippen molar-refractivity contribution in [3.63, 3.8) is 0 Å². The van der Waals surface area contributed by atoms with Crippen LogP contribution in [0.4, 0.5) is 11.4 Å². The van der Waals surface area contributed by atoms with Gasteiger partial charge in [-0.05, 0) is 30.7 Å². The standard InChI is InChI=1S/C16H16N2O3/c1-11-6-5-9-13(15(11)16(20)21)18-14(19)10-17-12-7-3-2-4-8-12/h2-9,17H,10H2,1H3,(H,18,19)(H,20,21). The Hall–Kier alpha value is -2.82. The fourth-order valence-electron chi connectivity index (χ4n) is 1.99. The molecule has 0 fully saturated rings. The third-order valence-electron chi connectivity index (χ3n) is 2.99. The molecule has 0 saturated carbocycles. The molecular formula is C16H16N2O3. The molecule has 0 radical (unpaired) electrons. The van der Waals surface area contributed by atoms with Gasteiger partial charge in [-0.25, -0.2) is 4.79 Å². The van der Waals surface area contributed by atoms with E-state index in [1.807, 2.05) is 30.3 Å². The molecule has 21 heavy (non-hydrogen) atoms. The minimum absolute atomic E-state index is 0.0665. The van der Waals surface area contributed by atoms with Gasteiger partial charge in [0, 0.05) is 5.69 Å². The lowest BCUT2D eigenvalue weighted by atomic mass is 10.1. The second-order valence-corrected chi connectivity index (χ2v) is 4.57. The van der Waals surface area contributed by atoms with E-state index >= 15 is 0 Å². The van der Waals surface area contributed by atoms with Crippen LogP contribution in [-0.2, 0) is 4.79 Å². The second-order valence-electron chi connectivity index (χ2n) is 4.57. The molecule has 0 saturated heterocycles.